The number of allylic oxidation sites excluding steroid dienone is 2. The molecular formula is C30H48ClNO2. The second-order valence-electron chi connectivity index (χ2n) is 12.9. The van der Waals surface area contributed by atoms with E-state index in [1.807, 2.05) is 0 Å². The summed E-state index contributed by atoms with van der Waals surface area (Å²) in [7, 11) is 0. The van der Waals surface area contributed by atoms with Crippen LogP contribution in [0, 0.1) is 29.6 Å². The van der Waals surface area contributed by atoms with Gasteiger partial charge in [0.15, 0.2) is 0 Å². The Morgan fingerprint density at radius 2 is 2.00 bits per heavy atom. The summed E-state index contributed by atoms with van der Waals surface area (Å²) in [5.74, 6) is 4.27. The highest BCUT2D eigenvalue weighted by Crippen LogP contribution is 2.56. The first-order chi connectivity index (χ1) is 16.3. The van der Waals surface area contributed by atoms with E-state index in [2.05, 4.69) is 38.7 Å². The molecule has 1 saturated carbocycles. The number of piperidine rings is 1. The van der Waals surface area contributed by atoms with Gasteiger partial charge in [0.05, 0.1) is 17.8 Å². The summed E-state index contributed by atoms with van der Waals surface area (Å²) in [6, 6.07) is 0.532. The molecule has 0 amide bonds. The number of likely N-dealkylation sites (tertiary alicyclic amines) is 1. The van der Waals surface area contributed by atoms with Crippen molar-refractivity contribution in [2.75, 3.05) is 19.0 Å². The van der Waals surface area contributed by atoms with Gasteiger partial charge in [0.2, 0.25) is 0 Å². The van der Waals surface area contributed by atoms with Crippen molar-refractivity contribution < 1.29 is 9.84 Å². The van der Waals surface area contributed by atoms with Crippen LogP contribution in [0.25, 0.3) is 0 Å². The number of fused-ring (bicyclic) bond motifs is 4. The molecule has 4 heteroatoms. The van der Waals surface area contributed by atoms with E-state index in [1.54, 1.807) is 11.1 Å². The highest BCUT2D eigenvalue weighted by molar-refractivity contribution is 6.18. The molecular weight excluding hydrogens is 442 g/mol. The van der Waals surface area contributed by atoms with Crippen molar-refractivity contribution >= 4 is 11.6 Å². The predicted octanol–water partition coefficient (Wildman–Crippen LogP) is 6.73. The molecule has 0 aromatic carbocycles. The van der Waals surface area contributed by atoms with Crippen LogP contribution in [0.3, 0.4) is 0 Å². The van der Waals surface area contributed by atoms with Gasteiger partial charge < -0.3 is 9.84 Å². The first-order valence-electron chi connectivity index (χ1n) is 14.3. The van der Waals surface area contributed by atoms with Crippen LogP contribution in [0.2, 0.25) is 0 Å². The summed E-state index contributed by atoms with van der Waals surface area (Å²) in [4.78, 5) is 2.67. The molecule has 1 N–H and O–H groups in total. The Morgan fingerprint density at radius 1 is 1.18 bits per heavy atom. The molecule has 1 spiro atoms. The van der Waals surface area contributed by atoms with E-state index >= 15 is 0 Å². The largest absolute Gasteiger partial charge is 0.393 e. The Bertz CT molecular complexity index is 808. The summed E-state index contributed by atoms with van der Waals surface area (Å²) in [6.07, 6.45) is 14.3. The zero-order valence-corrected chi connectivity index (χ0v) is 22.8. The molecule has 2 saturated heterocycles. The summed E-state index contributed by atoms with van der Waals surface area (Å²) in [5.41, 5.74) is 4.83. The van der Waals surface area contributed by atoms with Crippen molar-refractivity contribution in [1.29, 1.82) is 0 Å². The Morgan fingerprint density at radius 3 is 2.79 bits per heavy atom. The van der Waals surface area contributed by atoms with Crippen LogP contribution in [-0.2, 0) is 4.74 Å². The molecule has 0 bridgehead atoms. The SMILES string of the molecule is CC1=C2C[C@@H]3CCC[C@H](O)C/C(C)=C/CC3[C@@H]2CCC2(C1)O[C@@H]1CC(C)CN(CCCl)[C@H]1[C@H]2C. The van der Waals surface area contributed by atoms with Crippen LogP contribution >= 0.6 is 11.6 Å². The zero-order valence-electron chi connectivity index (χ0n) is 22.1. The molecule has 9 atom stereocenters. The van der Waals surface area contributed by atoms with Crippen LogP contribution in [-0.4, -0.2) is 52.8 Å². The second-order valence-corrected chi connectivity index (χ2v) is 13.2. The number of rotatable bonds is 2. The number of aliphatic hydroxyl groups is 1. The average Bonchev–Trinajstić information content (AvgIpc) is 3.21. The van der Waals surface area contributed by atoms with Crippen LogP contribution in [0.4, 0.5) is 0 Å². The third kappa shape index (κ3) is 4.69. The Labute approximate surface area is 213 Å². The molecule has 3 aliphatic carbocycles. The lowest BCUT2D eigenvalue weighted by Crippen LogP contribution is -2.52. The van der Waals surface area contributed by atoms with Crippen LogP contribution < -0.4 is 0 Å². The first-order valence-corrected chi connectivity index (χ1v) is 14.8. The van der Waals surface area contributed by atoms with E-state index in [4.69, 9.17) is 16.3 Å². The molecule has 34 heavy (non-hydrogen) atoms. The van der Waals surface area contributed by atoms with Gasteiger partial charge in [-0.2, -0.15) is 0 Å². The van der Waals surface area contributed by atoms with Crippen LogP contribution in [0.1, 0.15) is 91.9 Å². The molecule has 0 aromatic rings. The van der Waals surface area contributed by atoms with Crippen molar-refractivity contribution in [3.8, 4) is 0 Å². The molecule has 5 rings (SSSR count). The quantitative estimate of drug-likeness (QED) is 0.344. The van der Waals surface area contributed by atoms with Gasteiger partial charge in [-0.1, -0.05) is 43.1 Å². The normalized spacial score (nSPS) is 47.5. The molecule has 2 aliphatic heterocycles. The van der Waals surface area contributed by atoms with Crippen molar-refractivity contribution in [2.24, 2.45) is 29.6 Å². The monoisotopic (exact) mass is 489 g/mol. The van der Waals surface area contributed by atoms with Crippen molar-refractivity contribution in [1.82, 2.24) is 4.90 Å². The van der Waals surface area contributed by atoms with Crippen molar-refractivity contribution in [3.63, 3.8) is 0 Å². The van der Waals surface area contributed by atoms with Gasteiger partial charge in [0.1, 0.15) is 0 Å². The van der Waals surface area contributed by atoms with Gasteiger partial charge >= 0.3 is 0 Å². The van der Waals surface area contributed by atoms with E-state index in [0.29, 0.717) is 29.9 Å². The van der Waals surface area contributed by atoms with Gasteiger partial charge in [0.25, 0.3) is 0 Å². The third-order valence-corrected chi connectivity index (χ3v) is 10.7. The molecule has 2 heterocycles. The van der Waals surface area contributed by atoms with E-state index in [1.165, 1.54) is 57.1 Å². The molecule has 0 aromatic heterocycles. The second kappa shape index (κ2) is 10.2. The number of hydrogen-bond acceptors (Lipinski definition) is 3. The predicted molar refractivity (Wildman–Crippen MR) is 141 cm³/mol. The Balaban J connectivity index is 1.39. The minimum absolute atomic E-state index is 0.00668. The molecule has 3 fully saturated rings. The summed E-state index contributed by atoms with van der Waals surface area (Å²) >= 11 is 6.23. The lowest BCUT2D eigenvalue weighted by atomic mass is 9.75. The molecule has 192 valence electrons. The minimum atomic E-state index is -0.147. The highest BCUT2D eigenvalue weighted by Gasteiger charge is 2.57. The van der Waals surface area contributed by atoms with Crippen molar-refractivity contribution in [2.45, 2.75) is 116 Å². The van der Waals surface area contributed by atoms with E-state index in [0.717, 1.165) is 43.6 Å². The summed E-state index contributed by atoms with van der Waals surface area (Å²) in [6.45, 7) is 11.7. The van der Waals surface area contributed by atoms with Gasteiger partial charge in [-0.15, -0.1) is 11.6 Å². The lowest BCUT2D eigenvalue weighted by molar-refractivity contribution is -0.0785. The van der Waals surface area contributed by atoms with E-state index in [-0.39, 0.29) is 11.7 Å². The fourth-order valence-electron chi connectivity index (χ4n) is 8.97. The maximum Gasteiger partial charge on any atom is 0.0765 e. The van der Waals surface area contributed by atoms with Crippen LogP contribution in [0.5, 0.6) is 0 Å². The average molecular weight is 490 g/mol. The number of nitrogens with zero attached hydrogens (tertiary/aromatic N) is 1. The van der Waals surface area contributed by atoms with Gasteiger partial charge in [0, 0.05) is 30.9 Å². The molecule has 3 unspecified atom stereocenters. The van der Waals surface area contributed by atoms with E-state index < -0.39 is 0 Å². The minimum Gasteiger partial charge on any atom is -0.393 e. The fourth-order valence-corrected chi connectivity index (χ4v) is 9.18. The molecule has 5 aliphatic rings. The number of halogens is 1. The van der Waals surface area contributed by atoms with Gasteiger partial charge in [-0.25, -0.2) is 0 Å². The standard InChI is InChI=1S/C30H48ClNO2/c1-19-8-9-25-23(6-5-7-24(33)14-19)16-27-21(3)17-30(11-10-26(25)27)22(4)29-28(34-30)15-20(2)18-32(29)13-12-31/h8,20,22-26,28-29,33H,5-7,9-18H2,1-4H3/b19-8+/t20?,22-,23+,24+,25?,26+,28-,29+,30?/m1/s1. The summed E-state index contributed by atoms with van der Waals surface area (Å²) in [5, 5.41) is 10.4. The lowest BCUT2D eigenvalue weighted by Gasteiger charge is -2.41. The molecule has 3 nitrogen and oxygen atoms in total. The zero-order chi connectivity index (χ0) is 24.0. The number of hydrogen-bond donors (Lipinski definition) is 1. The Kier molecular flexibility index (Phi) is 7.59. The fraction of sp³-hybridized carbons (Fsp3) is 0.867. The number of ether oxygens (including phenoxy) is 1. The smallest absolute Gasteiger partial charge is 0.0765 e. The number of alkyl halides is 1. The van der Waals surface area contributed by atoms with Crippen LogP contribution in [0.15, 0.2) is 22.8 Å². The topological polar surface area (TPSA) is 32.7 Å². The van der Waals surface area contributed by atoms with Crippen molar-refractivity contribution in [3.05, 3.63) is 22.8 Å². The Hall–Kier alpha value is -0.350. The first kappa shape index (κ1) is 25.3. The van der Waals surface area contributed by atoms with Gasteiger partial charge in [-0.3, -0.25) is 4.90 Å². The van der Waals surface area contributed by atoms with E-state index in [9.17, 15) is 5.11 Å². The highest BCUT2D eigenvalue weighted by atomic mass is 35.5. The van der Waals surface area contributed by atoms with Gasteiger partial charge in [-0.05, 0) is 95.3 Å². The maximum absolute atomic E-state index is 10.4. The maximum atomic E-state index is 10.4. The molecule has 0 radical (unpaired) electrons. The number of aliphatic hydroxyl groups excluding tert-OH is 1. The summed E-state index contributed by atoms with van der Waals surface area (Å²) < 4.78 is 7.16. The third-order valence-electron chi connectivity index (χ3n) is 10.5.